The van der Waals surface area contributed by atoms with Gasteiger partial charge < -0.3 is 10.2 Å². The standard InChI is InChI=1S/C15H25N3/c1-3-17-7-9-18(10-8-17)13-15-6-4-5-14(11-15)12-16-2/h4-6,11,16H,3,7-10,12-13H2,1-2H3. The molecule has 0 spiro atoms. The summed E-state index contributed by atoms with van der Waals surface area (Å²) in [6.07, 6.45) is 0. The zero-order chi connectivity index (χ0) is 12.8. The number of nitrogens with one attached hydrogen (secondary N) is 1. The highest BCUT2D eigenvalue weighted by atomic mass is 15.3. The van der Waals surface area contributed by atoms with Crippen LogP contribution >= 0.6 is 0 Å². The van der Waals surface area contributed by atoms with Gasteiger partial charge in [-0.05, 0) is 24.7 Å². The highest BCUT2D eigenvalue weighted by molar-refractivity contribution is 5.23. The highest BCUT2D eigenvalue weighted by Crippen LogP contribution is 2.10. The minimum atomic E-state index is 0.956. The van der Waals surface area contributed by atoms with Crippen LogP contribution in [0, 0.1) is 0 Å². The molecule has 3 heteroatoms. The molecule has 3 nitrogen and oxygen atoms in total. The molecule has 1 N–H and O–H groups in total. The SMILES string of the molecule is CCN1CCN(Cc2cccc(CNC)c2)CC1. The molecule has 18 heavy (non-hydrogen) atoms. The molecule has 1 fully saturated rings. The van der Waals surface area contributed by atoms with Crippen molar-refractivity contribution < 1.29 is 0 Å². The monoisotopic (exact) mass is 247 g/mol. The lowest BCUT2D eigenvalue weighted by molar-refractivity contribution is 0.132. The minimum Gasteiger partial charge on any atom is -0.316 e. The Bertz CT molecular complexity index is 357. The largest absolute Gasteiger partial charge is 0.316 e. The first-order valence-corrected chi connectivity index (χ1v) is 6.99. The molecule has 0 amide bonds. The first-order chi connectivity index (χ1) is 8.81. The number of likely N-dealkylation sites (N-methyl/N-ethyl adjacent to an activating group) is 1. The average Bonchev–Trinajstić information content (AvgIpc) is 2.40. The molecule has 0 aromatic heterocycles. The summed E-state index contributed by atoms with van der Waals surface area (Å²) in [4.78, 5) is 5.08. The van der Waals surface area contributed by atoms with E-state index in [1.807, 2.05) is 7.05 Å². The van der Waals surface area contributed by atoms with Gasteiger partial charge in [-0.1, -0.05) is 31.2 Å². The Morgan fingerprint density at radius 2 is 1.72 bits per heavy atom. The van der Waals surface area contributed by atoms with Crippen LogP contribution in [0.3, 0.4) is 0 Å². The van der Waals surface area contributed by atoms with Gasteiger partial charge in [-0.25, -0.2) is 0 Å². The molecule has 1 saturated heterocycles. The van der Waals surface area contributed by atoms with E-state index in [4.69, 9.17) is 0 Å². The zero-order valence-electron chi connectivity index (χ0n) is 11.7. The van der Waals surface area contributed by atoms with E-state index in [1.165, 1.54) is 43.9 Å². The van der Waals surface area contributed by atoms with Crippen molar-refractivity contribution in [3.63, 3.8) is 0 Å². The maximum absolute atomic E-state index is 3.21. The van der Waals surface area contributed by atoms with Crippen molar-refractivity contribution in [1.82, 2.24) is 15.1 Å². The molecule has 1 aliphatic rings. The lowest BCUT2D eigenvalue weighted by atomic mass is 10.1. The molecular formula is C15H25N3. The molecule has 1 heterocycles. The lowest BCUT2D eigenvalue weighted by Crippen LogP contribution is -2.45. The van der Waals surface area contributed by atoms with Gasteiger partial charge >= 0.3 is 0 Å². The summed E-state index contributed by atoms with van der Waals surface area (Å²) in [6.45, 7) is 10.3. The molecule has 0 unspecified atom stereocenters. The summed E-state index contributed by atoms with van der Waals surface area (Å²) in [5.41, 5.74) is 2.81. The van der Waals surface area contributed by atoms with Gasteiger partial charge in [0, 0.05) is 39.3 Å². The Kier molecular flexibility index (Phi) is 5.17. The van der Waals surface area contributed by atoms with E-state index in [9.17, 15) is 0 Å². The molecule has 0 atom stereocenters. The van der Waals surface area contributed by atoms with Crippen molar-refractivity contribution in [2.45, 2.75) is 20.0 Å². The van der Waals surface area contributed by atoms with E-state index in [0.717, 1.165) is 13.1 Å². The Morgan fingerprint density at radius 3 is 2.39 bits per heavy atom. The maximum Gasteiger partial charge on any atom is 0.0234 e. The van der Waals surface area contributed by atoms with Crippen molar-refractivity contribution in [2.75, 3.05) is 39.8 Å². The number of rotatable bonds is 5. The van der Waals surface area contributed by atoms with Gasteiger partial charge in [0.2, 0.25) is 0 Å². The van der Waals surface area contributed by atoms with Crippen molar-refractivity contribution in [3.05, 3.63) is 35.4 Å². The van der Waals surface area contributed by atoms with Crippen molar-refractivity contribution in [1.29, 1.82) is 0 Å². The molecule has 2 rings (SSSR count). The number of piperazine rings is 1. The topological polar surface area (TPSA) is 18.5 Å². The van der Waals surface area contributed by atoms with Gasteiger partial charge in [0.15, 0.2) is 0 Å². The first kappa shape index (κ1) is 13.5. The zero-order valence-corrected chi connectivity index (χ0v) is 11.7. The van der Waals surface area contributed by atoms with Crippen molar-refractivity contribution in [3.8, 4) is 0 Å². The van der Waals surface area contributed by atoms with E-state index in [-0.39, 0.29) is 0 Å². The molecule has 0 radical (unpaired) electrons. The van der Waals surface area contributed by atoms with Crippen LogP contribution in [0.1, 0.15) is 18.1 Å². The van der Waals surface area contributed by atoms with Gasteiger partial charge in [0.1, 0.15) is 0 Å². The van der Waals surface area contributed by atoms with Crippen LogP contribution in [0.2, 0.25) is 0 Å². The smallest absolute Gasteiger partial charge is 0.0234 e. The summed E-state index contributed by atoms with van der Waals surface area (Å²) < 4.78 is 0. The van der Waals surface area contributed by atoms with Crippen LogP contribution in [0.15, 0.2) is 24.3 Å². The second-order valence-electron chi connectivity index (χ2n) is 5.06. The molecule has 1 aromatic carbocycles. The summed E-state index contributed by atoms with van der Waals surface area (Å²) >= 11 is 0. The van der Waals surface area contributed by atoms with Gasteiger partial charge in [0.25, 0.3) is 0 Å². The van der Waals surface area contributed by atoms with Gasteiger partial charge in [0.05, 0.1) is 0 Å². The summed E-state index contributed by atoms with van der Waals surface area (Å²) in [5.74, 6) is 0. The molecule has 100 valence electrons. The van der Waals surface area contributed by atoms with Crippen LogP contribution in [0.25, 0.3) is 0 Å². The molecule has 0 bridgehead atoms. The Morgan fingerprint density at radius 1 is 1.06 bits per heavy atom. The summed E-state index contributed by atoms with van der Waals surface area (Å²) in [6, 6.07) is 8.92. The molecule has 0 aliphatic carbocycles. The van der Waals surface area contributed by atoms with E-state index in [1.54, 1.807) is 0 Å². The average molecular weight is 247 g/mol. The van der Waals surface area contributed by atoms with Crippen LogP contribution in [-0.4, -0.2) is 49.6 Å². The van der Waals surface area contributed by atoms with Gasteiger partial charge in [-0.15, -0.1) is 0 Å². The third-order valence-electron chi connectivity index (χ3n) is 3.69. The summed E-state index contributed by atoms with van der Waals surface area (Å²) in [7, 11) is 2.00. The Balaban J connectivity index is 1.87. The van der Waals surface area contributed by atoms with Gasteiger partial charge in [-0.3, -0.25) is 4.90 Å². The molecule has 0 saturated carbocycles. The maximum atomic E-state index is 3.21. The number of nitrogens with zero attached hydrogens (tertiary/aromatic N) is 2. The molecule has 1 aliphatic heterocycles. The second-order valence-corrected chi connectivity index (χ2v) is 5.06. The quantitative estimate of drug-likeness (QED) is 0.851. The fraction of sp³-hybridized carbons (Fsp3) is 0.600. The normalized spacial score (nSPS) is 18.1. The summed E-state index contributed by atoms with van der Waals surface area (Å²) in [5, 5.41) is 3.21. The fourth-order valence-corrected chi connectivity index (χ4v) is 2.56. The highest BCUT2D eigenvalue weighted by Gasteiger charge is 2.15. The predicted octanol–water partition coefficient (Wildman–Crippen LogP) is 1.54. The van der Waals surface area contributed by atoms with Crippen molar-refractivity contribution in [2.24, 2.45) is 0 Å². The van der Waals surface area contributed by atoms with Crippen molar-refractivity contribution >= 4 is 0 Å². The molecular weight excluding hydrogens is 222 g/mol. The predicted molar refractivity (Wildman–Crippen MR) is 76.6 cm³/mol. The third-order valence-corrected chi connectivity index (χ3v) is 3.69. The lowest BCUT2D eigenvalue weighted by Gasteiger charge is -2.34. The van der Waals surface area contributed by atoms with E-state index in [0.29, 0.717) is 0 Å². The molecule has 1 aromatic rings. The van der Waals surface area contributed by atoms with E-state index < -0.39 is 0 Å². The van der Waals surface area contributed by atoms with Crippen LogP contribution in [-0.2, 0) is 13.1 Å². The van der Waals surface area contributed by atoms with Crippen LogP contribution < -0.4 is 5.32 Å². The minimum absolute atomic E-state index is 0.956. The van der Waals surface area contributed by atoms with Gasteiger partial charge in [-0.2, -0.15) is 0 Å². The third kappa shape index (κ3) is 3.80. The fourth-order valence-electron chi connectivity index (χ4n) is 2.56. The number of hydrogen-bond acceptors (Lipinski definition) is 3. The Hall–Kier alpha value is -0.900. The first-order valence-electron chi connectivity index (χ1n) is 6.99. The Labute approximate surface area is 111 Å². The van der Waals surface area contributed by atoms with E-state index in [2.05, 4.69) is 46.3 Å². The van der Waals surface area contributed by atoms with Crippen LogP contribution in [0.4, 0.5) is 0 Å². The second kappa shape index (κ2) is 6.88. The number of benzene rings is 1. The van der Waals surface area contributed by atoms with Crippen LogP contribution in [0.5, 0.6) is 0 Å². The number of hydrogen-bond donors (Lipinski definition) is 1. The van der Waals surface area contributed by atoms with E-state index >= 15 is 0 Å².